The zero-order valence-corrected chi connectivity index (χ0v) is 17.3. The van der Waals surface area contributed by atoms with Gasteiger partial charge in [0.15, 0.2) is 0 Å². The van der Waals surface area contributed by atoms with Gasteiger partial charge in [0.1, 0.15) is 0 Å². The Kier molecular flexibility index (Phi) is 7.35. The summed E-state index contributed by atoms with van der Waals surface area (Å²) >= 11 is 0. The van der Waals surface area contributed by atoms with E-state index in [2.05, 4.69) is 10.6 Å². The number of likely N-dealkylation sites (N-methyl/N-ethyl adjacent to an activating group) is 1. The predicted molar refractivity (Wildman–Crippen MR) is 120 cm³/mol. The van der Waals surface area contributed by atoms with Crippen molar-refractivity contribution >= 4 is 17.5 Å². The van der Waals surface area contributed by atoms with Crippen molar-refractivity contribution in [1.29, 1.82) is 0 Å². The second kappa shape index (κ2) is 10.4. The minimum atomic E-state index is -0.170. The number of amides is 2. The standard InChI is InChI=1S/C25H27N3O2/c1-19(26-24(29)18-28(2)17-20-10-5-3-6-11-20)22-14-9-15-23(16-22)27-25(30)21-12-7-4-8-13-21/h3-16,19H,17-18H2,1-2H3,(H,26,29)(H,27,30). The van der Waals surface area contributed by atoms with E-state index in [0.717, 1.165) is 5.56 Å². The van der Waals surface area contributed by atoms with E-state index in [1.54, 1.807) is 12.1 Å². The fourth-order valence-electron chi connectivity index (χ4n) is 3.25. The fraction of sp³-hybridized carbons (Fsp3) is 0.200. The highest BCUT2D eigenvalue weighted by Crippen LogP contribution is 2.18. The lowest BCUT2D eigenvalue weighted by molar-refractivity contribution is -0.122. The van der Waals surface area contributed by atoms with Gasteiger partial charge in [0.05, 0.1) is 12.6 Å². The second-order valence-corrected chi connectivity index (χ2v) is 7.39. The summed E-state index contributed by atoms with van der Waals surface area (Å²) in [5.41, 5.74) is 3.40. The third-order valence-corrected chi connectivity index (χ3v) is 4.77. The molecule has 3 aromatic rings. The van der Waals surface area contributed by atoms with Crippen LogP contribution in [0.5, 0.6) is 0 Å². The largest absolute Gasteiger partial charge is 0.348 e. The van der Waals surface area contributed by atoms with Crippen molar-refractivity contribution in [1.82, 2.24) is 10.2 Å². The van der Waals surface area contributed by atoms with Gasteiger partial charge in [-0.3, -0.25) is 14.5 Å². The minimum absolute atomic E-state index is 0.0420. The molecular weight excluding hydrogens is 374 g/mol. The van der Waals surface area contributed by atoms with Gasteiger partial charge in [0.2, 0.25) is 5.91 Å². The van der Waals surface area contributed by atoms with E-state index in [1.807, 2.05) is 91.7 Å². The molecule has 0 spiro atoms. The van der Waals surface area contributed by atoms with Gasteiger partial charge in [0, 0.05) is 17.8 Å². The molecule has 0 saturated heterocycles. The Morgan fingerprint density at radius 2 is 1.57 bits per heavy atom. The van der Waals surface area contributed by atoms with Crippen molar-refractivity contribution in [3.8, 4) is 0 Å². The number of nitrogens with one attached hydrogen (secondary N) is 2. The summed E-state index contributed by atoms with van der Waals surface area (Å²) in [6, 6.07) is 26.5. The van der Waals surface area contributed by atoms with Crippen LogP contribution in [0.1, 0.15) is 34.5 Å². The average Bonchev–Trinajstić information content (AvgIpc) is 2.75. The smallest absolute Gasteiger partial charge is 0.255 e. The first-order chi connectivity index (χ1) is 14.5. The van der Waals surface area contributed by atoms with Gasteiger partial charge in [0.25, 0.3) is 5.91 Å². The quantitative estimate of drug-likeness (QED) is 0.593. The Morgan fingerprint density at radius 3 is 2.27 bits per heavy atom. The number of nitrogens with zero attached hydrogens (tertiary/aromatic N) is 1. The summed E-state index contributed by atoms with van der Waals surface area (Å²) in [6.07, 6.45) is 0. The zero-order valence-electron chi connectivity index (χ0n) is 17.3. The highest BCUT2D eigenvalue weighted by Gasteiger charge is 2.13. The predicted octanol–water partition coefficient (Wildman–Crippen LogP) is 4.25. The number of anilines is 1. The Hall–Kier alpha value is -3.44. The minimum Gasteiger partial charge on any atom is -0.348 e. The monoisotopic (exact) mass is 401 g/mol. The van der Waals surface area contributed by atoms with Crippen LogP contribution in [-0.4, -0.2) is 30.3 Å². The van der Waals surface area contributed by atoms with Crippen molar-refractivity contribution in [3.63, 3.8) is 0 Å². The van der Waals surface area contributed by atoms with Gasteiger partial charge in [-0.25, -0.2) is 0 Å². The third-order valence-electron chi connectivity index (χ3n) is 4.77. The molecule has 2 N–H and O–H groups in total. The van der Waals surface area contributed by atoms with Crippen molar-refractivity contribution in [2.45, 2.75) is 19.5 Å². The van der Waals surface area contributed by atoms with Crippen LogP contribution in [0.15, 0.2) is 84.9 Å². The average molecular weight is 402 g/mol. The molecule has 30 heavy (non-hydrogen) atoms. The maximum atomic E-state index is 12.5. The van der Waals surface area contributed by atoms with Crippen molar-refractivity contribution in [2.75, 3.05) is 18.9 Å². The molecule has 0 aliphatic heterocycles. The molecule has 0 aromatic heterocycles. The van der Waals surface area contributed by atoms with E-state index in [0.29, 0.717) is 24.3 Å². The number of hydrogen-bond donors (Lipinski definition) is 2. The van der Waals surface area contributed by atoms with E-state index in [9.17, 15) is 9.59 Å². The van der Waals surface area contributed by atoms with E-state index in [-0.39, 0.29) is 17.9 Å². The number of hydrogen-bond acceptors (Lipinski definition) is 3. The molecule has 0 aliphatic carbocycles. The number of benzene rings is 3. The highest BCUT2D eigenvalue weighted by atomic mass is 16.2. The summed E-state index contributed by atoms with van der Waals surface area (Å²) in [6.45, 7) is 2.96. The van der Waals surface area contributed by atoms with Gasteiger partial charge >= 0.3 is 0 Å². The normalized spacial score (nSPS) is 11.7. The molecule has 0 bridgehead atoms. The summed E-state index contributed by atoms with van der Waals surface area (Å²) in [5.74, 6) is -0.202. The van der Waals surface area contributed by atoms with Gasteiger partial charge in [-0.15, -0.1) is 0 Å². The van der Waals surface area contributed by atoms with Crippen molar-refractivity contribution in [3.05, 3.63) is 102 Å². The summed E-state index contributed by atoms with van der Waals surface area (Å²) < 4.78 is 0. The molecule has 3 rings (SSSR count). The van der Waals surface area contributed by atoms with Gasteiger partial charge < -0.3 is 10.6 Å². The van der Waals surface area contributed by atoms with Crippen molar-refractivity contribution < 1.29 is 9.59 Å². The van der Waals surface area contributed by atoms with Crippen LogP contribution in [0.4, 0.5) is 5.69 Å². The van der Waals surface area contributed by atoms with Crippen LogP contribution in [0.2, 0.25) is 0 Å². The lowest BCUT2D eigenvalue weighted by Crippen LogP contribution is -2.36. The molecule has 0 radical (unpaired) electrons. The zero-order chi connectivity index (χ0) is 21.3. The Labute approximate surface area is 177 Å². The topological polar surface area (TPSA) is 61.4 Å². The summed E-state index contributed by atoms with van der Waals surface area (Å²) in [7, 11) is 1.93. The molecule has 0 fully saturated rings. The van der Waals surface area contributed by atoms with Crippen LogP contribution in [-0.2, 0) is 11.3 Å². The number of carbonyl (C=O) groups is 2. The van der Waals surface area contributed by atoms with Gasteiger partial charge in [-0.05, 0) is 49.4 Å². The van der Waals surface area contributed by atoms with Crippen LogP contribution < -0.4 is 10.6 Å². The number of carbonyl (C=O) groups excluding carboxylic acids is 2. The third kappa shape index (κ3) is 6.29. The molecule has 1 atom stereocenters. The second-order valence-electron chi connectivity index (χ2n) is 7.39. The molecule has 0 saturated carbocycles. The Balaban J connectivity index is 1.54. The molecule has 5 nitrogen and oxygen atoms in total. The van der Waals surface area contributed by atoms with Crippen LogP contribution in [0.3, 0.4) is 0 Å². The molecule has 5 heteroatoms. The maximum absolute atomic E-state index is 12.5. The van der Waals surface area contributed by atoms with Gasteiger partial charge in [-0.1, -0.05) is 60.7 Å². The number of rotatable bonds is 8. The van der Waals surface area contributed by atoms with E-state index in [4.69, 9.17) is 0 Å². The van der Waals surface area contributed by atoms with Crippen LogP contribution in [0, 0.1) is 0 Å². The lowest BCUT2D eigenvalue weighted by atomic mass is 10.1. The molecule has 1 unspecified atom stereocenters. The summed E-state index contributed by atoms with van der Waals surface area (Å²) in [4.78, 5) is 26.8. The molecule has 2 amide bonds. The van der Waals surface area contributed by atoms with E-state index < -0.39 is 0 Å². The van der Waals surface area contributed by atoms with Gasteiger partial charge in [-0.2, -0.15) is 0 Å². The van der Waals surface area contributed by atoms with Crippen molar-refractivity contribution in [2.24, 2.45) is 0 Å². The molecule has 0 aliphatic rings. The first-order valence-corrected chi connectivity index (χ1v) is 9.99. The van der Waals surface area contributed by atoms with E-state index >= 15 is 0 Å². The van der Waals surface area contributed by atoms with Crippen LogP contribution in [0.25, 0.3) is 0 Å². The Morgan fingerprint density at radius 1 is 0.900 bits per heavy atom. The Bertz CT molecular complexity index is 974. The fourth-order valence-corrected chi connectivity index (χ4v) is 3.25. The molecular formula is C25H27N3O2. The molecule has 0 heterocycles. The first kappa shape index (κ1) is 21.3. The lowest BCUT2D eigenvalue weighted by Gasteiger charge is -2.20. The maximum Gasteiger partial charge on any atom is 0.255 e. The summed E-state index contributed by atoms with van der Waals surface area (Å²) in [5, 5.41) is 5.94. The van der Waals surface area contributed by atoms with Crippen LogP contribution >= 0.6 is 0 Å². The first-order valence-electron chi connectivity index (χ1n) is 9.99. The highest BCUT2D eigenvalue weighted by molar-refractivity contribution is 6.04. The SMILES string of the molecule is CC(NC(=O)CN(C)Cc1ccccc1)c1cccc(NC(=O)c2ccccc2)c1. The molecule has 154 valence electrons. The molecule has 3 aromatic carbocycles. The van der Waals surface area contributed by atoms with E-state index in [1.165, 1.54) is 5.56 Å².